The number of H-pyrrole nitrogens is 1. The molecule has 4 N–H and O–H groups in total. The van der Waals surface area contributed by atoms with Crippen molar-refractivity contribution in [1.82, 2.24) is 15.2 Å². The average molecular weight is 294 g/mol. The van der Waals surface area contributed by atoms with Gasteiger partial charge in [-0.3, -0.25) is 5.10 Å². The van der Waals surface area contributed by atoms with Gasteiger partial charge >= 0.3 is 0 Å². The average Bonchev–Trinajstić information content (AvgIpc) is 2.92. The van der Waals surface area contributed by atoms with Crippen LogP contribution in [-0.4, -0.2) is 39.4 Å². The standard InChI is InChI=1S/C13H16ClN5O/c14-11-2-1-9(20)7-10(11)12-16-13(18-17-12)19-5-3-8(15)4-6-19/h1-2,7-8,20H,3-6,15H2,(H,16,17,18). The summed E-state index contributed by atoms with van der Waals surface area (Å²) in [6.45, 7) is 1.71. The molecule has 0 spiro atoms. The number of hydrogen-bond acceptors (Lipinski definition) is 5. The van der Waals surface area contributed by atoms with Crippen molar-refractivity contribution in [1.29, 1.82) is 0 Å². The lowest BCUT2D eigenvalue weighted by atomic mass is 10.1. The molecule has 6 nitrogen and oxygen atoms in total. The molecule has 106 valence electrons. The molecule has 1 aromatic heterocycles. The quantitative estimate of drug-likeness (QED) is 0.785. The molecule has 20 heavy (non-hydrogen) atoms. The number of nitrogens with one attached hydrogen (secondary N) is 1. The number of phenols is 1. The van der Waals surface area contributed by atoms with Crippen molar-refractivity contribution in [3.63, 3.8) is 0 Å². The number of aromatic nitrogens is 3. The Morgan fingerprint density at radius 2 is 2.10 bits per heavy atom. The number of aromatic amines is 1. The van der Waals surface area contributed by atoms with Gasteiger partial charge in [0.15, 0.2) is 5.82 Å². The summed E-state index contributed by atoms with van der Waals surface area (Å²) in [5.41, 5.74) is 6.53. The second-order valence-corrected chi connectivity index (χ2v) is 5.38. The zero-order valence-electron chi connectivity index (χ0n) is 10.9. The third kappa shape index (κ3) is 2.57. The van der Waals surface area contributed by atoms with Gasteiger partial charge in [0.1, 0.15) is 5.75 Å². The van der Waals surface area contributed by atoms with E-state index in [0.717, 1.165) is 25.9 Å². The Morgan fingerprint density at radius 1 is 1.35 bits per heavy atom. The van der Waals surface area contributed by atoms with Crippen LogP contribution in [-0.2, 0) is 0 Å². The Bertz CT molecular complexity index is 607. The van der Waals surface area contributed by atoms with Crippen molar-refractivity contribution >= 4 is 17.5 Å². The van der Waals surface area contributed by atoms with Crippen molar-refractivity contribution in [3.8, 4) is 17.1 Å². The summed E-state index contributed by atoms with van der Waals surface area (Å²) in [6.07, 6.45) is 1.88. The molecule has 2 aromatic rings. The third-order valence-electron chi connectivity index (χ3n) is 3.50. The fraction of sp³-hybridized carbons (Fsp3) is 0.385. The molecule has 1 aliphatic heterocycles. The van der Waals surface area contributed by atoms with Crippen molar-refractivity contribution in [2.45, 2.75) is 18.9 Å². The molecule has 1 saturated heterocycles. The van der Waals surface area contributed by atoms with E-state index in [1.165, 1.54) is 6.07 Å². The van der Waals surface area contributed by atoms with E-state index in [0.29, 0.717) is 22.4 Å². The maximum Gasteiger partial charge on any atom is 0.245 e. The van der Waals surface area contributed by atoms with Crippen LogP contribution in [0.2, 0.25) is 5.02 Å². The van der Waals surface area contributed by atoms with Gasteiger partial charge in [-0.2, -0.15) is 4.98 Å². The van der Waals surface area contributed by atoms with E-state index in [2.05, 4.69) is 20.1 Å². The van der Waals surface area contributed by atoms with E-state index < -0.39 is 0 Å². The van der Waals surface area contributed by atoms with Gasteiger partial charge in [-0.05, 0) is 31.0 Å². The van der Waals surface area contributed by atoms with Gasteiger partial charge in [0.2, 0.25) is 5.95 Å². The second kappa shape index (κ2) is 5.30. The monoisotopic (exact) mass is 293 g/mol. The van der Waals surface area contributed by atoms with E-state index in [9.17, 15) is 5.11 Å². The summed E-state index contributed by atoms with van der Waals surface area (Å²) in [6, 6.07) is 5.01. The van der Waals surface area contributed by atoms with Gasteiger partial charge in [-0.1, -0.05) is 11.6 Å². The summed E-state index contributed by atoms with van der Waals surface area (Å²) < 4.78 is 0. The first-order valence-corrected chi connectivity index (χ1v) is 6.93. The van der Waals surface area contributed by atoms with Crippen molar-refractivity contribution in [2.24, 2.45) is 5.73 Å². The van der Waals surface area contributed by atoms with Gasteiger partial charge in [-0.15, -0.1) is 5.10 Å². The van der Waals surface area contributed by atoms with Gasteiger partial charge in [0.25, 0.3) is 0 Å². The first kappa shape index (κ1) is 13.2. The van der Waals surface area contributed by atoms with Crippen LogP contribution in [0.1, 0.15) is 12.8 Å². The molecule has 1 aliphatic rings. The Labute approximate surface area is 121 Å². The number of nitrogens with two attached hydrogens (primary N) is 1. The molecule has 0 saturated carbocycles. The van der Waals surface area contributed by atoms with Crippen LogP contribution in [0, 0.1) is 0 Å². The summed E-state index contributed by atoms with van der Waals surface area (Å²) in [4.78, 5) is 6.55. The van der Waals surface area contributed by atoms with Crippen molar-refractivity contribution in [2.75, 3.05) is 18.0 Å². The number of hydrogen-bond donors (Lipinski definition) is 3. The van der Waals surface area contributed by atoms with Crippen molar-refractivity contribution < 1.29 is 5.11 Å². The van der Waals surface area contributed by atoms with Crippen LogP contribution >= 0.6 is 11.6 Å². The zero-order valence-corrected chi connectivity index (χ0v) is 11.6. The summed E-state index contributed by atoms with van der Waals surface area (Å²) in [7, 11) is 0. The van der Waals surface area contributed by atoms with Crippen LogP contribution < -0.4 is 10.6 Å². The van der Waals surface area contributed by atoms with Gasteiger partial charge in [-0.25, -0.2) is 0 Å². The summed E-state index contributed by atoms with van der Waals surface area (Å²) >= 11 is 6.12. The Morgan fingerprint density at radius 3 is 2.85 bits per heavy atom. The normalized spacial score (nSPS) is 16.6. The highest BCUT2D eigenvalue weighted by Crippen LogP contribution is 2.29. The largest absolute Gasteiger partial charge is 0.508 e. The number of anilines is 1. The topological polar surface area (TPSA) is 91.1 Å². The highest BCUT2D eigenvalue weighted by Gasteiger charge is 2.20. The molecule has 2 heterocycles. The Balaban J connectivity index is 1.85. The number of aromatic hydroxyl groups is 1. The first-order chi connectivity index (χ1) is 9.63. The van der Waals surface area contributed by atoms with Crippen LogP contribution in [0.15, 0.2) is 18.2 Å². The van der Waals surface area contributed by atoms with Crippen LogP contribution in [0.3, 0.4) is 0 Å². The van der Waals surface area contributed by atoms with E-state index in [1.54, 1.807) is 12.1 Å². The molecule has 0 radical (unpaired) electrons. The zero-order chi connectivity index (χ0) is 14.1. The lowest BCUT2D eigenvalue weighted by molar-refractivity contribution is 0.475. The smallest absolute Gasteiger partial charge is 0.245 e. The van der Waals surface area contributed by atoms with Crippen molar-refractivity contribution in [3.05, 3.63) is 23.2 Å². The predicted molar refractivity (Wildman–Crippen MR) is 77.9 cm³/mol. The maximum absolute atomic E-state index is 9.54. The summed E-state index contributed by atoms with van der Waals surface area (Å²) in [5, 5.41) is 17.1. The molecule has 3 rings (SSSR count). The molecule has 0 aliphatic carbocycles. The molecular weight excluding hydrogens is 278 g/mol. The highest BCUT2D eigenvalue weighted by atomic mass is 35.5. The van der Waals surface area contributed by atoms with Gasteiger partial charge in [0, 0.05) is 24.7 Å². The van der Waals surface area contributed by atoms with E-state index >= 15 is 0 Å². The minimum absolute atomic E-state index is 0.145. The highest BCUT2D eigenvalue weighted by molar-refractivity contribution is 6.33. The molecule has 0 atom stereocenters. The molecule has 0 amide bonds. The molecular formula is C13H16ClN5O. The molecule has 7 heteroatoms. The third-order valence-corrected chi connectivity index (χ3v) is 3.83. The lowest BCUT2D eigenvalue weighted by Gasteiger charge is -2.28. The number of benzene rings is 1. The maximum atomic E-state index is 9.54. The Hall–Kier alpha value is -1.79. The SMILES string of the molecule is NC1CCN(c2n[nH]c(-c3cc(O)ccc3Cl)n2)CC1. The van der Waals surface area contributed by atoms with Gasteiger partial charge in [0.05, 0.1) is 5.02 Å². The van der Waals surface area contributed by atoms with E-state index in [4.69, 9.17) is 17.3 Å². The molecule has 1 aromatic carbocycles. The second-order valence-electron chi connectivity index (χ2n) is 4.97. The fourth-order valence-electron chi connectivity index (χ4n) is 2.31. The molecule has 0 bridgehead atoms. The fourth-order valence-corrected chi connectivity index (χ4v) is 2.52. The Kier molecular flexibility index (Phi) is 3.50. The van der Waals surface area contributed by atoms with Gasteiger partial charge < -0.3 is 15.7 Å². The van der Waals surface area contributed by atoms with Crippen LogP contribution in [0.5, 0.6) is 5.75 Å². The van der Waals surface area contributed by atoms with E-state index in [1.807, 2.05) is 0 Å². The predicted octanol–water partition coefficient (Wildman–Crippen LogP) is 1.76. The number of piperidine rings is 1. The lowest BCUT2D eigenvalue weighted by Crippen LogP contribution is -2.40. The van der Waals surface area contributed by atoms with Crippen LogP contribution in [0.4, 0.5) is 5.95 Å². The number of halogens is 1. The first-order valence-electron chi connectivity index (χ1n) is 6.55. The minimum atomic E-state index is 0.145. The summed E-state index contributed by atoms with van der Waals surface area (Å²) in [5.74, 6) is 1.34. The molecule has 0 unspecified atom stereocenters. The number of nitrogens with zero attached hydrogens (tertiary/aromatic N) is 3. The number of phenolic OH excluding ortho intramolecular Hbond substituents is 1. The number of rotatable bonds is 2. The van der Waals surface area contributed by atoms with Crippen LogP contribution in [0.25, 0.3) is 11.4 Å². The molecule has 1 fully saturated rings. The minimum Gasteiger partial charge on any atom is -0.508 e. The van der Waals surface area contributed by atoms with E-state index in [-0.39, 0.29) is 11.8 Å².